The summed E-state index contributed by atoms with van der Waals surface area (Å²) in [6.45, 7) is 1.14. The van der Waals surface area contributed by atoms with E-state index in [1.165, 1.54) is 0 Å². The number of carbonyl (C=O) groups is 2. The lowest BCUT2D eigenvalue weighted by molar-refractivity contribution is -0.136. The quantitative estimate of drug-likeness (QED) is 0.886. The van der Waals surface area contributed by atoms with Gasteiger partial charge in [-0.25, -0.2) is 4.79 Å². The molecule has 1 N–H and O–H groups in total. The van der Waals surface area contributed by atoms with Gasteiger partial charge in [0.15, 0.2) is 0 Å². The summed E-state index contributed by atoms with van der Waals surface area (Å²) in [6, 6.07) is 7.34. The van der Waals surface area contributed by atoms with E-state index in [-0.39, 0.29) is 12.5 Å². The van der Waals surface area contributed by atoms with Crippen molar-refractivity contribution in [3.05, 3.63) is 29.8 Å². The van der Waals surface area contributed by atoms with E-state index < -0.39 is 5.97 Å². The SMILES string of the molecule is O=C(O)CCc1ccc(N2CCCOC2=O)cc1. The summed E-state index contributed by atoms with van der Waals surface area (Å²) >= 11 is 0. The van der Waals surface area contributed by atoms with Gasteiger partial charge in [-0.2, -0.15) is 0 Å². The maximum atomic E-state index is 11.5. The van der Waals surface area contributed by atoms with Crippen LogP contribution in [-0.2, 0) is 16.0 Å². The molecule has 1 fully saturated rings. The number of carboxylic acid groups (broad SMARTS) is 1. The molecule has 1 saturated heterocycles. The zero-order valence-corrected chi connectivity index (χ0v) is 9.96. The number of hydrogen-bond donors (Lipinski definition) is 1. The fraction of sp³-hybridized carbons (Fsp3) is 0.385. The number of anilines is 1. The van der Waals surface area contributed by atoms with Crippen molar-refractivity contribution < 1.29 is 19.4 Å². The highest BCUT2D eigenvalue weighted by atomic mass is 16.6. The number of carboxylic acids is 1. The number of carbonyl (C=O) groups excluding carboxylic acids is 1. The Hall–Kier alpha value is -2.04. The molecule has 96 valence electrons. The first-order chi connectivity index (χ1) is 8.66. The lowest BCUT2D eigenvalue weighted by atomic mass is 10.1. The molecule has 0 aliphatic carbocycles. The third-order valence-corrected chi connectivity index (χ3v) is 2.85. The van der Waals surface area contributed by atoms with Gasteiger partial charge in [0.2, 0.25) is 0 Å². The standard InChI is InChI=1S/C13H15NO4/c15-12(16)7-4-10-2-5-11(6-3-10)14-8-1-9-18-13(14)17/h2-3,5-6H,1,4,7-9H2,(H,15,16). The predicted molar refractivity (Wildman–Crippen MR) is 65.7 cm³/mol. The summed E-state index contributed by atoms with van der Waals surface area (Å²) in [5, 5.41) is 8.60. The van der Waals surface area contributed by atoms with E-state index in [4.69, 9.17) is 9.84 Å². The summed E-state index contributed by atoms with van der Waals surface area (Å²) < 4.78 is 4.96. The lowest BCUT2D eigenvalue weighted by Crippen LogP contribution is -2.37. The van der Waals surface area contributed by atoms with Crippen LogP contribution in [-0.4, -0.2) is 30.3 Å². The molecule has 5 heteroatoms. The van der Waals surface area contributed by atoms with Crippen LogP contribution in [0.4, 0.5) is 10.5 Å². The van der Waals surface area contributed by atoms with Crippen LogP contribution in [0.15, 0.2) is 24.3 Å². The predicted octanol–water partition coefficient (Wildman–Crippen LogP) is 2.05. The van der Waals surface area contributed by atoms with Gasteiger partial charge in [0.05, 0.1) is 6.61 Å². The number of aliphatic carboxylic acids is 1. The third kappa shape index (κ3) is 3.00. The molecule has 0 spiro atoms. The maximum absolute atomic E-state index is 11.5. The minimum atomic E-state index is -0.807. The zero-order valence-electron chi connectivity index (χ0n) is 9.96. The molecule has 1 aliphatic heterocycles. The molecule has 0 bridgehead atoms. The van der Waals surface area contributed by atoms with Crippen molar-refractivity contribution in [1.82, 2.24) is 0 Å². The molecule has 1 heterocycles. The zero-order chi connectivity index (χ0) is 13.0. The molecular formula is C13H15NO4. The Bertz CT molecular complexity index is 441. The first-order valence-electron chi connectivity index (χ1n) is 5.92. The van der Waals surface area contributed by atoms with Crippen LogP contribution >= 0.6 is 0 Å². The molecule has 0 unspecified atom stereocenters. The van der Waals surface area contributed by atoms with Gasteiger partial charge in [-0.3, -0.25) is 9.69 Å². The van der Waals surface area contributed by atoms with Crippen LogP contribution in [0.5, 0.6) is 0 Å². The van der Waals surface area contributed by atoms with Gasteiger partial charge < -0.3 is 9.84 Å². The molecule has 2 rings (SSSR count). The molecule has 1 aliphatic rings. The number of amides is 1. The van der Waals surface area contributed by atoms with E-state index in [1.807, 2.05) is 24.3 Å². The second-order valence-corrected chi connectivity index (χ2v) is 4.18. The summed E-state index contributed by atoms with van der Waals surface area (Å²) in [5.41, 5.74) is 1.74. The topological polar surface area (TPSA) is 66.8 Å². The number of hydrogen-bond acceptors (Lipinski definition) is 3. The van der Waals surface area contributed by atoms with Crippen LogP contribution < -0.4 is 4.90 Å². The van der Waals surface area contributed by atoms with Crippen LogP contribution in [0.25, 0.3) is 0 Å². The van der Waals surface area contributed by atoms with Gasteiger partial charge in [-0.05, 0) is 30.5 Å². The fourth-order valence-electron chi connectivity index (χ4n) is 1.88. The third-order valence-electron chi connectivity index (χ3n) is 2.85. The van der Waals surface area contributed by atoms with Crippen molar-refractivity contribution in [2.24, 2.45) is 0 Å². The van der Waals surface area contributed by atoms with Crippen molar-refractivity contribution in [3.8, 4) is 0 Å². The van der Waals surface area contributed by atoms with E-state index in [0.29, 0.717) is 19.6 Å². The number of rotatable bonds is 4. The Balaban J connectivity index is 2.02. The molecule has 1 aromatic carbocycles. The van der Waals surface area contributed by atoms with E-state index in [2.05, 4.69) is 0 Å². The number of ether oxygens (including phenoxy) is 1. The molecule has 1 aromatic rings. The average Bonchev–Trinajstić information content (AvgIpc) is 2.38. The molecule has 0 saturated carbocycles. The Labute approximate surface area is 105 Å². The van der Waals surface area contributed by atoms with Crippen molar-refractivity contribution >= 4 is 17.7 Å². The molecule has 1 amide bonds. The van der Waals surface area contributed by atoms with Crippen molar-refractivity contribution in [2.45, 2.75) is 19.3 Å². The molecule has 5 nitrogen and oxygen atoms in total. The Morgan fingerprint density at radius 2 is 2.06 bits per heavy atom. The number of nitrogens with zero attached hydrogens (tertiary/aromatic N) is 1. The van der Waals surface area contributed by atoms with Crippen LogP contribution in [0.2, 0.25) is 0 Å². The Kier molecular flexibility index (Phi) is 3.82. The van der Waals surface area contributed by atoms with Gasteiger partial charge >= 0.3 is 12.1 Å². The normalized spacial score (nSPS) is 15.3. The summed E-state index contributed by atoms with van der Waals surface area (Å²) in [5.74, 6) is -0.807. The van der Waals surface area contributed by atoms with Crippen molar-refractivity contribution in [3.63, 3.8) is 0 Å². The van der Waals surface area contributed by atoms with Gasteiger partial charge in [0.25, 0.3) is 0 Å². The van der Waals surface area contributed by atoms with E-state index in [9.17, 15) is 9.59 Å². The summed E-state index contributed by atoms with van der Waals surface area (Å²) in [4.78, 5) is 23.6. The average molecular weight is 249 g/mol. The molecule has 0 aromatic heterocycles. The molecule has 18 heavy (non-hydrogen) atoms. The van der Waals surface area contributed by atoms with E-state index in [0.717, 1.165) is 17.7 Å². The molecule has 0 radical (unpaired) electrons. The summed E-state index contributed by atoms with van der Waals surface area (Å²) in [7, 11) is 0. The minimum Gasteiger partial charge on any atom is -0.481 e. The fourth-order valence-corrected chi connectivity index (χ4v) is 1.88. The number of benzene rings is 1. The second kappa shape index (κ2) is 5.53. The highest BCUT2D eigenvalue weighted by molar-refractivity contribution is 5.88. The smallest absolute Gasteiger partial charge is 0.414 e. The highest BCUT2D eigenvalue weighted by Crippen LogP contribution is 2.19. The molecule has 0 atom stereocenters. The monoisotopic (exact) mass is 249 g/mol. The van der Waals surface area contributed by atoms with Gasteiger partial charge in [0.1, 0.15) is 0 Å². The van der Waals surface area contributed by atoms with E-state index in [1.54, 1.807) is 4.90 Å². The lowest BCUT2D eigenvalue weighted by Gasteiger charge is -2.26. The van der Waals surface area contributed by atoms with Crippen LogP contribution in [0.3, 0.4) is 0 Å². The molecular weight excluding hydrogens is 234 g/mol. The summed E-state index contributed by atoms with van der Waals surface area (Å²) in [6.07, 6.45) is 1.12. The first kappa shape index (κ1) is 12.4. The van der Waals surface area contributed by atoms with Gasteiger partial charge in [0, 0.05) is 18.7 Å². The van der Waals surface area contributed by atoms with Gasteiger partial charge in [-0.1, -0.05) is 12.1 Å². The van der Waals surface area contributed by atoms with Crippen molar-refractivity contribution in [1.29, 1.82) is 0 Å². The largest absolute Gasteiger partial charge is 0.481 e. The van der Waals surface area contributed by atoms with Crippen LogP contribution in [0, 0.1) is 0 Å². The van der Waals surface area contributed by atoms with Gasteiger partial charge in [-0.15, -0.1) is 0 Å². The minimum absolute atomic E-state index is 0.116. The second-order valence-electron chi connectivity index (χ2n) is 4.18. The van der Waals surface area contributed by atoms with E-state index >= 15 is 0 Å². The Morgan fingerprint density at radius 1 is 1.33 bits per heavy atom. The van der Waals surface area contributed by atoms with Crippen molar-refractivity contribution in [2.75, 3.05) is 18.1 Å². The highest BCUT2D eigenvalue weighted by Gasteiger charge is 2.20. The maximum Gasteiger partial charge on any atom is 0.414 e. The number of cyclic esters (lactones) is 1. The Morgan fingerprint density at radius 3 is 2.67 bits per heavy atom. The van der Waals surface area contributed by atoms with Crippen LogP contribution in [0.1, 0.15) is 18.4 Å². The number of aryl methyl sites for hydroxylation is 1. The first-order valence-corrected chi connectivity index (χ1v) is 5.92.